The van der Waals surface area contributed by atoms with Gasteiger partial charge in [-0.05, 0) is 6.42 Å². The summed E-state index contributed by atoms with van der Waals surface area (Å²) in [6.07, 6.45) is 2.24. The van der Waals surface area contributed by atoms with Crippen LogP contribution in [0.2, 0.25) is 0 Å². The minimum absolute atomic E-state index is 0.647. The summed E-state index contributed by atoms with van der Waals surface area (Å²) in [6, 6.07) is 0. The summed E-state index contributed by atoms with van der Waals surface area (Å²) in [6.45, 7) is 6.51. The fourth-order valence-electron chi connectivity index (χ4n) is 0.456. The molecule has 0 bridgehead atoms. The normalized spacial score (nSPS) is 8.86. The Morgan fingerprint density at radius 1 is 1.71 bits per heavy atom. The fourth-order valence-corrected chi connectivity index (χ4v) is 0.456. The van der Waals surface area contributed by atoms with Crippen LogP contribution in [-0.4, -0.2) is 6.54 Å². The molecule has 0 spiro atoms. The van der Waals surface area contributed by atoms with Gasteiger partial charge in [0.15, 0.2) is 0 Å². The van der Waals surface area contributed by atoms with Gasteiger partial charge in [0.25, 0.3) is 0 Å². The summed E-state index contributed by atoms with van der Waals surface area (Å²) in [4.78, 5) is 0. The maximum absolute atomic E-state index is 5.26. The molecular weight excluding hydrogens is 86.1 g/mol. The van der Waals surface area contributed by atoms with Crippen LogP contribution in [0.15, 0.2) is 12.2 Å². The summed E-state index contributed by atoms with van der Waals surface area (Å²) in [5, 5.41) is 0. The highest BCUT2D eigenvalue weighted by atomic mass is 14.5. The summed E-state index contributed by atoms with van der Waals surface area (Å²) < 4.78 is 0. The van der Waals surface area contributed by atoms with Gasteiger partial charge in [0.2, 0.25) is 0 Å². The molecule has 0 radical (unpaired) electrons. The molecule has 0 saturated heterocycles. The third-order valence-electron chi connectivity index (χ3n) is 0.892. The second-order valence-electron chi connectivity index (χ2n) is 1.70. The Hall–Kier alpha value is -0.300. The third-order valence-corrected chi connectivity index (χ3v) is 0.892. The van der Waals surface area contributed by atoms with Crippen LogP contribution in [0.25, 0.3) is 0 Å². The van der Waals surface area contributed by atoms with E-state index in [1.807, 2.05) is 0 Å². The van der Waals surface area contributed by atoms with E-state index in [0.717, 1.165) is 18.4 Å². The zero-order valence-corrected chi connectivity index (χ0v) is 4.91. The first-order chi connectivity index (χ1) is 3.31. The van der Waals surface area contributed by atoms with E-state index in [1.165, 1.54) is 0 Å². The second-order valence-corrected chi connectivity index (χ2v) is 1.70. The lowest BCUT2D eigenvalue weighted by molar-refractivity contribution is 0.879. The molecular formula is C6H13N. The van der Waals surface area contributed by atoms with Crippen molar-refractivity contribution in [3.05, 3.63) is 12.2 Å². The first-order valence-electron chi connectivity index (χ1n) is 2.68. The second kappa shape index (κ2) is 3.88. The van der Waals surface area contributed by atoms with Crippen LogP contribution in [0.1, 0.15) is 19.8 Å². The molecule has 7 heavy (non-hydrogen) atoms. The molecule has 0 aliphatic rings. The Morgan fingerprint density at radius 2 is 2.29 bits per heavy atom. The highest BCUT2D eigenvalue weighted by Crippen LogP contribution is 1.96. The molecule has 0 fully saturated rings. The van der Waals surface area contributed by atoms with Crippen LogP contribution in [0.3, 0.4) is 0 Å². The van der Waals surface area contributed by atoms with Crippen molar-refractivity contribution in [2.24, 2.45) is 5.73 Å². The topological polar surface area (TPSA) is 26.0 Å². The minimum atomic E-state index is 0.647. The summed E-state index contributed by atoms with van der Waals surface area (Å²) in [7, 11) is 0. The van der Waals surface area contributed by atoms with E-state index in [2.05, 4.69) is 13.5 Å². The molecule has 0 heterocycles. The zero-order valence-electron chi connectivity index (χ0n) is 4.91. The molecule has 1 nitrogen and oxygen atoms in total. The molecule has 0 aromatic rings. The van der Waals surface area contributed by atoms with E-state index in [4.69, 9.17) is 5.73 Å². The Bertz CT molecular complexity index is 57.2. The summed E-state index contributed by atoms with van der Waals surface area (Å²) >= 11 is 0. The molecule has 0 aliphatic heterocycles. The van der Waals surface area contributed by atoms with Crippen molar-refractivity contribution in [3.8, 4) is 0 Å². The Morgan fingerprint density at radius 3 is 2.43 bits per heavy atom. The third kappa shape index (κ3) is 3.53. The molecule has 0 aromatic carbocycles. The van der Waals surface area contributed by atoms with E-state index in [9.17, 15) is 0 Å². The van der Waals surface area contributed by atoms with Crippen LogP contribution in [-0.2, 0) is 0 Å². The van der Waals surface area contributed by atoms with Gasteiger partial charge in [-0.3, -0.25) is 0 Å². The van der Waals surface area contributed by atoms with Crippen LogP contribution in [0.5, 0.6) is 0 Å². The minimum Gasteiger partial charge on any atom is -0.327 e. The highest BCUT2D eigenvalue weighted by molar-refractivity contribution is 4.94. The van der Waals surface area contributed by atoms with Crippen molar-refractivity contribution in [2.75, 3.05) is 6.54 Å². The molecule has 42 valence electrons. The van der Waals surface area contributed by atoms with Crippen LogP contribution >= 0.6 is 0 Å². The number of hydrogen-bond acceptors (Lipinski definition) is 1. The maximum Gasteiger partial charge on any atom is 0.0134 e. The molecule has 2 N–H and O–H groups in total. The van der Waals surface area contributed by atoms with E-state index in [-0.39, 0.29) is 0 Å². The lowest BCUT2D eigenvalue weighted by atomic mass is 10.2. The van der Waals surface area contributed by atoms with Crippen molar-refractivity contribution in [1.82, 2.24) is 0 Å². The molecule has 0 saturated carbocycles. The van der Waals surface area contributed by atoms with Gasteiger partial charge >= 0.3 is 0 Å². The lowest BCUT2D eigenvalue weighted by Crippen LogP contribution is -2.00. The van der Waals surface area contributed by atoms with Gasteiger partial charge in [0.05, 0.1) is 0 Å². The van der Waals surface area contributed by atoms with E-state index in [1.54, 1.807) is 0 Å². The van der Waals surface area contributed by atoms with Gasteiger partial charge in [0.1, 0.15) is 0 Å². The Labute approximate surface area is 45.2 Å². The quantitative estimate of drug-likeness (QED) is 0.530. The molecule has 0 aliphatic carbocycles. The summed E-state index contributed by atoms with van der Waals surface area (Å²) in [5.74, 6) is 0. The smallest absolute Gasteiger partial charge is 0.0134 e. The molecule has 0 aromatic heterocycles. The zero-order chi connectivity index (χ0) is 5.70. The van der Waals surface area contributed by atoms with Crippen LogP contribution in [0.4, 0.5) is 0 Å². The van der Waals surface area contributed by atoms with Crippen molar-refractivity contribution in [2.45, 2.75) is 19.8 Å². The maximum atomic E-state index is 5.26. The highest BCUT2D eigenvalue weighted by Gasteiger charge is 1.83. The average Bonchev–Trinajstić information content (AvgIpc) is 1.68. The summed E-state index contributed by atoms with van der Waals surface area (Å²) in [5.41, 5.74) is 6.41. The van der Waals surface area contributed by atoms with Gasteiger partial charge in [-0.1, -0.05) is 25.5 Å². The van der Waals surface area contributed by atoms with Gasteiger partial charge in [0, 0.05) is 6.54 Å². The van der Waals surface area contributed by atoms with Gasteiger partial charge in [-0.15, -0.1) is 0 Å². The molecule has 0 atom stereocenters. The van der Waals surface area contributed by atoms with E-state index in [0.29, 0.717) is 6.54 Å². The average molecular weight is 99.2 g/mol. The Kier molecular flexibility index (Phi) is 3.71. The van der Waals surface area contributed by atoms with Gasteiger partial charge < -0.3 is 5.73 Å². The van der Waals surface area contributed by atoms with Crippen molar-refractivity contribution >= 4 is 0 Å². The first kappa shape index (κ1) is 6.70. The molecule has 0 unspecified atom stereocenters. The predicted molar refractivity (Wildman–Crippen MR) is 33.1 cm³/mol. The van der Waals surface area contributed by atoms with Crippen molar-refractivity contribution in [1.29, 1.82) is 0 Å². The molecule has 1 heteroatoms. The molecule has 0 amide bonds. The fraction of sp³-hybridized carbons (Fsp3) is 0.667. The number of rotatable bonds is 3. The lowest BCUT2D eigenvalue weighted by Gasteiger charge is -1.94. The van der Waals surface area contributed by atoms with Crippen LogP contribution in [0, 0.1) is 0 Å². The van der Waals surface area contributed by atoms with Crippen molar-refractivity contribution in [3.63, 3.8) is 0 Å². The standard InChI is InChI=1S/C6H13N/c1-3-4-6(2)5-7/h2-5,7H2,1H3. The van der Waals surface area contributed by atoms with Gasteiger partial charge in [-0.25, -0.2) is 0 Å². The monoisotopic (exact) mass is 99.1 g/mol. The van der Waals surface area contributed by atoms with Gasteiger partial charge in [-0.2, -0.15) is 0 Å². The first-order valence-corrected chi connectivity index (χ1v) is 2.68. The van der Waals surface area contributed by atoms with Crippen LogP contribution < -0.4 is 5.73 Å². The molecule has 0 rings (SSSR count). The largest absolute Gasteiger partial charge is 0.327 e. The van der Waals surface area contributed by atoms with Crippen molar-refractivity contribution < 1.29 is 0 Å². The Balaban J connectivity index is 3.00. The number of nitrogens with two attached hydrogens (primary N) is 1. The number of hydrogen-bond donors (Lipinski definition) is 1. The predicted octanol–water partition coefficient (Wildman–Crippen LogP) is 1.30. The van der Waals surface area contributed by atoms with E-state index < -0.39 is 0 Å². The van der Waals surface area contributed by atoms with E-state index >= 15 is 0 Å². The SMILES string of the molecule is C=C(CN)CCC.